The number of carbonyl (C=O) groups excluding carboxylic acids is 1. The topological polar surface area (TPSA) is 69.4 Å². The van der Waals surface area contributed by atoms with Crippen molar-refractivity contribution in [2.24, 2.45) is 0 Å². The van der Waals surface area contributed by atoms with E-state index in [0.29, 0.717) is 15.8 Å². The Morgan fingerprint density at radius 3 is 2.82 bits per heavy atom. The molecule has 0 aliphatic carbocycles. The van der Waals surface area contributed by atoms with Crippen molar-refractivity contribution >= 4 is 34.9 Å². The van der Waals surface area contributed by atoms with Crippen molar-refractivity contribution in [3.8, 4) is 0 Å². The SMILES string of the molecule is Cc1ccnc2nc(C(=O)OCc3ccc(Cl)c(Cl)c3)nn12. The molecule has 0 atom stereocenters. The largest absolute Gasteiger partial charge is 0.455 e. The molecule has 22 heavy (non-hydrogen) atoms. The summed E-state index contributed by atoms with van der Waals surface area (Å²) in [5.41, 5.74) is 1.54. The van der Waals surface area contributed by atoms with Crippen LogP contribution in [0.25, 0.3) is 5.78 Å². The summed E-state index contributed by atoms with van der Waals surface area (Å²) >= 11 is 11.7. The van der Waals surface area contributed by atoms with Gasteiger partial charge in [0, 0.05) is 11.9 Å². The normalized spacial score (nSPS) is 10.9. The first-order valence-corrected chi connectivity index (χ1v) is 7.09. The van der Waals surface area contributed by atoms with Crippen molar-refractivity contribution in [2.75, 3.05) is 0 Å². The molecule has 112 valence electrons. The number of hydrogen-bond acceptors (Lipinski definition) is 5. The summed E-state index contributed by atoms with van der Waals surface area (Å²) in [4.78, 5) is 20.1. The summed E-state index contributed by atoms with van der Waals surface area (Å²) in [5.74, 6) is -0.320. The summed E-state index contributed by atoms with van der Waals surface area (Å²) in [5, 5.41) is 4.93. The maximum atomic E-state index is 12.0. The molecule has 8 heteroatoms. The number of aryl methyl sites for hydroxylation is 1. The number of nitrogens with zero attached hydrogens (tertiary/aromatic N) is 4. The van der Waals surface area contributed by atoms with Crippen molar-refractivity contribution in [3.63, 3.8) is 0 Å². The number of halogens is 2. The van der Waals surface area contributed by atoms with E-state index in [2.05, 4.69) is 15.1 Å². The molecule has 0 aliphatic rings. The van der Waals surface area contributed by atoms with E-state index >= 15 is 0 Å². The number of aromatic nitrogens is 4. The fourth-order valence-corrected chi connectivity index (χ4v) is 2.16. The van der Waals surface area contributed by atoms with E-state index in [-0.39, 0.29) is 12.4 Å². The summed E-state index contributed by atoms with van der Waals surface area (Å²) in [6, 6.07) is 6.78. The van der Waals surface area contributed by atoms with E-state index in [4.69, 9.17) is 27.9 Å². The van der Waals surface area contributed by atoms with Crippen molar-refractivity contribution in [1.29, 1.82) is 0 Å². The maximum absolute atomic E-state index is 12.0. The molecule has 2 heterocycles. The first kappa shape index (κ1) is 14.7. The van der Waals surface area contributed by atoms with Crippen LogP contribution in [0, 0.1) is 6.92 Å². The van der Waals surface area contributed by atoms with Crippen LogP contribution in [-0.2, 0) is 11.3 Å². The molecule has 0 saturated heterocycles. The first-order chi connectivity index (χ1) is 10.5. The van der Waals surface area contributed by atoms with Crippen molar-refractivity contribution < 1.29 is 9.53 Å². The number of hydrogen-bond donors (Lipinski definition) is 0. The van der Waals surface area contributed by atoms with E-state index in [9.17, 15) is 4.79 Å². The average Bonchev–Trinajstić information content (AvgIpc) is 2.94. The zero-order chi connectivity index (χ0) is 15.7. The Hall–Kier alpha value is -2.18. The fourth-order valence-electron chi connectivity index (χ4n) is 1.84. The van der Waals surface area contributed by atoms with Crippen LogP contribution in [0.2, 0.25) is 10.0 Å². The van der Waals surface area contributed by atoms with Gasteiger partial charge in [0.1, 0.15) is 6.61 Å². The Morgan fingerprint density at radius 2 is 2.09 bits per heavy atom. The third-order valence-corrected chi connectivity index (χ3v) is 3.71. The second-order valence-corrected chi connectivity index (χ2v) is 5.37. The molecular weight excluding hydrogens is 327 g/mol. The van der Waals surface area contributed by atoms with Gasteiger partial charge in [0.25, 0.3) is 11.6 Å². The number of rotatable bonds is 3. The highest BCUT2D eigenvalue weighted by atomic mass is 35.5. The van der Waals surface area contributed by atoms with E-state index in [0.717, 1.165) is 11.3 Å². The lowest BCUT2D eigenvalue weighted by atomic mass is 10.2. The average molecular weight is 337 g/mol. The molecule has 0 amide bonds. The molecule has 3 rings (SSSR count). The highest BCUT2D eigenvalue weighted by Crippen LogP contribution is 2.23. The molecule has 0 fully saturated rings. The second-order valence-electron chi connectivity index (χ2n) is 4.56. The Morgan fingerprint density at radius 1 is 1.27 bits per heavy atom. The van der Waals surface area contributed by atoms with Crippen molar-refractivity contribution in [1.82, 2.24) is 19.6 Å². The van der Waals surface area contributed by atoms with Crippen molar-refractivity contribution in [2.45, 2.75) is 13.5 Å². The highest BCUT2D eigenvalue weighted by molar-refractivity contribution is 6.42. The van der Waals surface area contributed by atoms with Gasteiger partial charge in [0.05, 0.1) is 10.0 Å². The maximum Gasteiger partial charge on any atom is 0.378 e. The summed E-state index contributed by atoms with van der Waals surface area (Å²) in [6.45, 7) is 1.89. The summed E-state index contributed by atoms with van der Waals surface area (Å²) in [6.07, 6.45) is 1.60. The summed E-state index contributed by atoms with van der Waals surface area (Å²) in [7, 11) is 0. The minimum absolute atomic E-state index is 0.0399. The summed E-state index contributed by atoms with van der Waals surface area (Å²) < 4.78 is 6.65. The predicted molar refractivity (Wildman–Crippen MR) is 81.1 cm³/mol. The standard InChI is InChI=1S/C14H10Cl2N4O2/c1-8-4-5-17-14-18-12(19-20(8)14)13(21)22-7-9-2-3-10(15)11(16)6-9/h2-6H,7H2,1H3. The molecule has 3 aromatic rings. The van der Waals surface area contributed by atoms with E-state index < -0.39 is 5.97 Å². The number of esters is 1. The third kappa shape index (κ3) is 2.88. The minimum atomic E-state index is -0.629. The van der Waals surface area contributed by atoms with Crippen LogP contribution in [-0.4, -0.2) is 25.6 Å². The van der Waals surface area contributed by atoms with Gasteiger partial charge in [-0.05, 0) is 30.7 Å². The second kappa shape index (κ2) is 5.90. The zero-order valence-electron chi connectivity index (χ0n) is 11.5. The molecule has 0 radical (unpaired) electrons. The molecule has 6 nitrogen and oxygen atoms in total. The quantitative estimate of drug-likeness (QED) is 0.687. The Bertz CT molecular complexity index is 863. The molecular formula is C14H10Cl2N4O2. The molecule has 0 aliphatic heterocycles. The zero-order valence-corrected chi connectivity index (χ0v) is 13.0. The molecule has 1 aromatic carbocycles. The minimum Gasteiger partial charge on any atom is -0.455 e. The van der Waals surface area contributed by atoms with E-state index in [1.165, 1.54) is 4.52 Å². The van der Waals surface area contributed by atoms with E-state index in [1.807, 2.05) is 6.92 Å². The lowest BCUT2D eigenvalue weighted by Crippen LogP contribution is -2.08. The lowest BCUT2D eigenvalue weighted by molar-refractivity contribution is 0.0458. The van der Waals surface area contributed by atoms with Crippen LogP contribution in [0.1, 0.15) is 21.9 Å². The Labute approximate surface area is 135 Å². The molecule has 0 N–H and O–H groups in total. The van der Waals surface area contributed by atoms with Crippen LogP contribution in [0.15, 0.2) is 30.5 Å². The molecule has 0 spiro atoms. The van der Waals surface area contributed by atoms with Gasteiger partial charge in [0.2, 0.25) is 0 Å². The molecule has 2 aromatic heterocycles. The van der Waals surface area contributed by atoms with Crippen LogP contribution in [0.3, 0.4) is 0 Å². The number of ether oxygens (including phenoxy) is 1. The third-order valence-electron chi connectivity index (χ3n) is 2.97. The molecule has 0 unspecified atom stereocenters. The number of fused-ring (bicyclic) bond motifs is 1. The predicted octanol–water partition coefficient (Wildman–Crippen LogP) is 3.10. The van der Waals surface area contributed by atoms with Crippen LogP contribution in [0.5, 0.6) is 0 Å². The van der Waals surface area contributed by atoms with Gasteiger partial charge in [0.15, 0.2) is 0 Å². The smallest absolute Gasteiger partial charge is 0.378 e. The molecule has 0 bridgehead atoms. The monoisotopic (exact) mass is 336 g/mol. The highest BCUT2D eigenvalue weighted by Gasteiger charge is 2.16. The van der Waals surface area contributed by atoms with Crippen LogP contribution < -0.4 is 0 Å². The van der Waals surface area contributed by atoms with E-state index in [1.54, 1.807) is 30.5 Å². The van der Waals surface area contributed by atoms with Gasteiger partial charge in [-0.1, -0.05) is 29.3 Å². The van der Waals surface area contributed by atoms with Gasteiger partial charge >= 0.3 is 5.97 Å². The lowest BCUT2D eigenvalue weighted by Gasteiger charge is -2.03. The Balaban J connectivity index is 1.75. The number of benzene rings is 1. The number of carbonyl (C=O) groups is 1. The van der Waals surface area contributed by atoms with Gasteiger partial charge in [-0.3, -0.25) is 0 Å². The first-order valence-electron chi connectivity index (χ1n) is 6.34. The Kier molecular flexibility index (Phi) is 3.96. The van der Waals surface area contributed by atoms with Crippen molar-refractivity contribution in [3.05, 3.63) is 57.6 Å². The van der Waals surface area contributed by atoms with Gasteiger partial charge in [-0.25, -0.2) is 14.3 Å². The van der Waals surface area contributed by atoms with Gasteiger partial charge in [-0.2, -0.15) is 4.98 Å². The van der Waals surface area contributed by atoms with Crippen LogP contribution in [0.4, 0.5) is 0 Å². The van der Waals surface area contributed by atoms with Gasteiger partial charge in [-0.15, -0.1) is 5.10 Å². The van der Waals surface area contributed by atoms with Gasteiger partial charge < -0.3 is 4.74 Å². The fraction of sp³-hybridized carbons (Fsp3) is 0.143. The van der Waals surface area contributed by atoms with Crippen LogP contribution >= 0.6 is 23.2 Å². The molecule has 0 saturated carbocycles.